The summed E-state index contributed by atoms with van der Waals surface area (Å²) in [6.45, 7) is 9.48. The molecule has 19 heavy (non-hydrogen) atoms. The molecule has 4 heteroatoms. The van der Waals surface area contributed by atoms with E-state index in [1.165, 1.54) is 12.8 Å². The second kappa shape index (κ2) is 5.35. The molecular formula is C15H25N3O. The number of hydrogen-bond acceptors (Lipinski definition) is 3. The first-order valence-electron chi connectivity index (χ1n) is 7.22. The lowest BCUT2D eigenvalue weighted by Gasteiger charge is -2.28. The Morgan fingerprint density at radius 1 is 1.53 bits per heavy atom. The topological polar surface area (TPSA) is 46.9 Å². The molecule has 0 saturated heterocycles. The van der Waals surface area contributed by atoms with Crippen molar-refractivity contribution in [3.05, 3.63) is 22.7 Å². The van der Waals surface area contributed by atoms with Crippen molar-refractivity contribution in [3.8, 4) is 0 Å². The number of rotatable bonds is 4. The molecule has 1 aromatic heterocycles. The normalized spacial score (nSPS) is 21.8. The molecule has 1 aliphatic carbocycles. The van der Waals surface area contributed by atoms with Gasteiger partial charge >= 0.3 is 0 Å². The van der Waals surface area contributed by atoms with Crippen molar-refractivity contribution in [1.82, 2.24) is 9.55 Å². The van der Waals surface area contributed by atoms with Crippen LogP contribution in [0.4, 0.5) is 5.82 Å². The maximum Gasteiger partial charge on any atom is 0.293 e. The summed E-state index contributed by atoms with van der Waals surface area (Å²) in [4.78, 5) is 16.6. The van der Waals surface area contributed by atoms with Crippen molar-refractivity contribution in [2.45, 2.75) is 59.5 Å². The molecule has 0 aromatic carbocycles. The quantitative estimate of drug-likeness (QED) is 0.908. The van der Waals surface area contributed by atoms with Gasteiger partial charge in [-0.2, -0.15) is 0 Å². The van der Waals surface area contributed by atoms with Crippen molar-refractivity contribution in [2.24, 2.45) is 11.3 Å². The largest absolute Gasteiger partial charge is 0.362 e. The van der Waals surface area contributed by atoms with E-state index in [2.05, 4.69) is 38.0 Å². The van der Waals surface area contributed by atoms with E-state index in [4.69, 9.17) is 0 Å². The van der Waals surface area contributed by atoms with Crippen LogP contribution in [0.3, 0.4) is 0 Å². The molecule has 1 saturated carbocycles. The molecule has 1 aliphatic rings. The summed E-state index contributed by atoms with van der Waals surface area (Å²) in [5.74, 6) is 0.957. The van der Waals surface area contributed by atoms with Gasteiger partial charge in [0.2, 0.25) is 0 Å². The summed E-state index contributed by atoms with van der Waals surface area (Å²) in [6.07, 6.45) is 7.03. The van der Waals surface area contributed by atoms with Crippen molar-refractivity contribution >= 4 is 5.82 Å². The fourth-order valence-electron chi connectivity index (χ4n) is 2.84. The Balaban J connectivity index is 2.19. The SMILES string of the molecule is CC(C)Cn1ccnc(NC2CCCC2(C)C)c1=O. The van der Waals surface area contributed by atoms with Gasteiger partial charge in [-0.15, -0.1) is 0 Å². The van der Waals surface area contributed by atoms with Gasteiger partial charge in [-0.1, -0.05) is 34.1 Å². The van der Waals surface area contributed by atoms with Crippen LogP contribution in [0.25, 0.3) is 0 Å². The van der Waals surface area contributed by atoms with Gasteiger partial charge in [0.25, 0.3) is 5.56 Å². The van der Waals surface area contributed by atoms with E-state index in [0.717, 1.165) is 13.0 Å². The summed E-state index contributed by atoms with van der Waals surface area (Å²) in [5, 5.41) is 3.37. The van der Waals surface area contributed by atoms with Gasteiger partial charge in [0.15, 0.2) is 5.82 Å². The van der Waals surface area contributed by atoms with Crippen LogP contribution in [0.15, 0.2) is 17.2 Å². The van der Waals surface area contributed by atoms with E-state index in [1.54, 1.807) is 17.0 Å². The Hall–Kier alpha value is -1.32. The highest BCUT2D eigenvalue weighted by Gasteiger charge is 2.34. The molecule has 106 valence electrons. The molecule has 0 amide bonds. The van der Waals surface area contributed by atoms with Crippen molar-refractivity contribution in [3.63, 3.8) is 0 Å². The van der Waals surface area contributed by atoms with Crippen LogP contribution in [0.2, 0.25) is 0 Å². The minimum Gasteiger partial charge on any atom is -0.362 e. The summed E-state index contributed by atoms with van der Waals surface area (Å²) in [6, 6.07) is 0.350. The average molecular weight is 263 g/mol. The third kappa shape index (κ3) is 3.17. The molecule has 1 unspecified atom stereocenters. The highest BCUT2D eigenvalue weighted by molar-refractivity contribution is 5.33. The lowest BCUT2D eigenvalue weighted by Crippen LogP contribution is -2.35. The Kier molecular flexibility index (Phi) is 3.97. The average Bonchev–Trinajstić information content (AvgIpc) is 2.63. The van der Waals surface area contributed by atoms with E-state index in [1.807, 2.05) is 0 Å². The molecule has 1 aromatic rings. The molecule has 0 spiro atoms. The maximum atomic E-state index is 12.3. The standard InChI is InChI=1S/C15H25N3O/c1-11(2)10-18-9-8-16-13(14(18)19)17-12-6-5-7-15(12,3)4/h8-9,11-12H,5-7,10H2,1-4H3,(H,16,17). The van der Waals surface area contributed by atoms with E-state index in [-0.39, 0.29) is 11.0 Å². The van der Waals surface area contributed by atoms with Gasteiger partial charge in [-0.25, -0.2) is 4.98 Å². The molecule has 0 bridgehead atoms. The minimum absolute atomic E-state index is 0.00102. The highest BCUT2D eigenvalue weighted by Crippen LogP contribution is 2.38. The molecule has 0 aliphatic heterocycles. The first-order chi connectivity index (χ1) is 8.90. The van der Waals surface area contributed by atoms with Crippen LogP contribution in [-0.4, -0.2) is 15.6 Å². The van der Waals surface area contributed by atoms with E-state index in [9.17, 15) is 4.79 Å². The lowest BCUT2D eigenvalue weighted by molar-refractivity contribution is 0.349. The predicted molar refractivity (Wildman–Crippen MR) is 78.4 cm³/mol. The molecule has 4 nitrogen and oxygen atoms in total. The molecule has 1 N–H and O–H groups in total. The summed E-state index contributed by atoms with van der Waals surface area (Å²) in [5.41, 5.74) is 0.242. The molecule has 0 radical (unpaired) electrons. The smallest absolute Gasteiger partial charge is 0.293 e. The maximum absolute atomic E-state index is 12.3. The Labute approximate surface area is 115 Å². The van der Waals surface area contributed by atoms with Crippen molar-refractivity contribution < 1.29 is 0 Å². The summed E-state index contributed by atoms with van der Waals surface area (Å²) >= 11 is 0. The van der Waals surface area contributed by atoms with Gasteiger partial charge < -0.3 is 9.88 Å². The number of hydrogen-bond donors (Lipinski definition) is 1. The van der Waals surface area contributed by atoms with E-state index < -0.39 is 0 Å². The van der Waals surface area contributed by atoms with Gasteiger partial charge in [-0.3, -0.25) is 4.79 Å². The zero-order valence-corrected chi connectivity index (χ0v) is 12.4. The summed E-state index contributed by atoms with van der Waals surface area (Å²) in [7, 11) is 0. The number of aromatic nitrogens is 2. The number of nitrogens with one attached hydrogen (secondary N) is 1. The Bertz CT molecular complexity index is 490. The predicted octanol–water partition coefficient (Wildman–Crippen LogP) is 2.89. The lowest BCUT2D eigenvalue weighted by atomic mass is 9.87. The molecule has 1 fully saturated rings. The van der Waals surface area contributed by atoms with Gasteiger partial charge in [-0.05, 0) is 24.2 Å². The first-order valence-corrected chi connectivity index (χ1v) is 7.22. The third-order valence-electron chi connectivity index (χ3n) is 4.04. The van der Waals surface area contributed by atoms with Gasteiger partial charge in [0.1, 0.15) is 0 Å². The summed E-state index contributed by atoms with van der Waals surface area (Å²) < 4.78 is 1.75. The zero-order chi connectivity index (χ0) is 14.0. The van der Waals surface area contributed by atoms with Crippen LogP contribution < -0.4 is 10.9 Å². The third-order valence-corrected chi connectivity index (χ3v) is 4.04. The Morgan fingerprint density at radius 2 is 2.26 bits per heavy atom. The Morgan fingerprint density at radius 3 is 2.84 bits per heavy atom. The van der Waals surface area contributed by atoms with Crippen molar-refractivity contribution in [1.29, 1.82) is 0 Å². The highest BCUT2D eigenvalue weighted by atomic mass is 16.1. The van der Waals surface area contributed by atoms with Crippen LogP contribution in [0.5, 0.6) is 0 Å². The molecular weight excluding hydrogens is 238 g/mol. The monoisotopic (exact) mass is 263 g/mol. The van der Waals surface area contributed by atoms with Crippen LogP contribution >= 0.6 is 0 Å². The number of nitrogens with zero attached hydrogens (tertiary/aromatic N) is 2. The van der Waals surface area contributed by atoms with E-state index >= 15 is 0 Å². The van der Waals surface area contributed by atoms with Crippen molar-refractivity contribution in [2.75, 3.05) is 5.32 Å². The fourth-order valence-corrected chi connectivity index (χ4v) is 2.84. The second-order valence-electron chi connectivity index (χ2n) is 6.70. The second-order valence-corrected chi connectivity index (χ2v) is 6.70. The molecule has 1 heterocycles. The van der Waals surface area contributed by atoms with Crippen LogP contribution in [-0.2, 0) is 6.54 Å². The van der Waals surface area contributed by atoms with Gasteiger partial charge in [0.05, 0.1) is 0 Å². The first kappa shape index (κ1) is 14.1. The van der Waals surface area contributed by atoms with E-state index in [0.29, 0.717) is 17.8 Å². The molecule has 2 rings (SSSR count). The minimum atomic E-state index is -0.00102. The fraction of sp³-hybridized carbons (Fsp3) is 0.733. The van der Waals surface area contributed by atoms with Crippen LogP contribution in [0, 0.1) is 11.3 Å². The molecule has 1 atom stereocenters. The van der Waals surface area contributed by atoms with Crippen LogP contribution in [0.1, 0.15) is 47.0 Å². The number of anilines is 1. The van der Waals surface area contributed by atoms with Gasteiger partial charge in [0, 0.05) is 25.0 Å². The zero-order valence-electron chi connectivity index (χ0n) is 12.4.